The summed E-state index contributed by atoms with van der Waals surface area (Å²) in [5.74, 6) is 0.509. The zero-order chi connectivity index (χ0) is 15.9. The van der Waals surface area contributed by atoms with Crippen molar-refractivity contribution in [2.45, 2.75) is 58.0 Å². The number of nitrogens with two attached hydrogens (primary N) is 1. The number of piperazine rings is 1. The number of carbonyl (C=O) groups is 1. The van der Waals surface area contributed by atoms with Gasteiger partial charge in [-0.2, -0.15) is 0 Å². The second-order valence-electron chi connectivity index (χ2n) is 6.70. The van der Waals surface area contributed by atoms with E-state index in [1.165, 1.54) is 0 Å². The molecule has 22 heavy (non-hydrogen) atoms. The van der Waals surface area contributed by atoms with Gasteiger partial charge in [-0.15, -0.1) is 0 Å². The van der Waals surface area contributed by atoms with Gasteiger partial charge in [-0.05, 0) is 32.6 Å². The van der Waals surface area contributed by atoms with Crippen LogP contribution in [0.4, 0.5) is 0 Å². The number of hydrogen-bond donors (Lipinski definition) is 1. The largest absolute Gasteiger partial charge is 0.380 e. The Morgan fingerprint density at radius 1 is 1.27 bits per heavy atom. The molecule has 1 saturated carbocycles. The summed E-state index contributed by atoms with van der Waals surface area (Å²) in [5.41, 5.74) is 6.04. The van der Waals surface area contributed by atoms with Gasteiger partial charge in [0.05, 0.1) is 6.61 Å². The number of rotatable bonds is 6. The Morgan fingerprint density at radius 2 is 2.09 bits per heavy atom. The first-order valence-corrected chi connectivity index (χ1v) is 9.01. The third-order valence-electron chi connectivity index (χ3n) is 5.18. The molecule has 0 bridgehead atoms. The summed E-state index contributed by atoms with van der Waals surface area (Å²) >= 11 is 0. The van der Waals surface area contributed by atoms with Crippen LogP contribution in [0.25, 0.3) is 0 Å². The Balaban J connectivity index is 1.85. The standard InChI is InChI=1S/C17H33N3O2/c1-3-16-13-20(9-8-19(16)10-11-22-4-2)17(21)14-6-5-7-15(18)12-14/h14-16H,3-13,18H2,1-2H3. The van der Waals surface area contributed by atoms with E-state index in [0.29, 0.717) is 11.9 Å². The molecule has 5 nitrogen and oxygen atoms in total. The van der Waals surface area contributed by atoms with Crippen LogP contribution < -0.4 is 5.73 Å². The molecule has 1 aliphatic carbocycles. The second kappa shape index (κ2) is 8.85. The molecule has 0 aromatic rings. The van der Waals surface area contributed by atoms with Gasteiger partial charge in [-0.1, -0.05) is 13.3 Å². The van der Waals surface area contributed by atoms with Crippen LogP contribution in [-0.2, 0) is 9.53 Å². The predicted molar refractivity (Wildman–Crippen MR) is 88.7 cm³/mol. The van der Waals surface area contributed by atoms with Crippen molar-refractivity contribution in [2.24, 2.45) is 11.7 Å². The molecular formula is C17H33N3O2. The number of ether oxygens (including phenoxy) is 1. The molecule has 0 radical (unpaired) electrons. The third kappa shape index (κ3) is 4.67. The van der Waals surface area contributed by atoms with Gasteiger partial charge < -0.3 is 15.4 Å². The summed E-state index contributed by atoms with van der Waals surface area (Å²) in [6.45, 7) is 9.47. The molecule has 2 fully saturated rings. The third-order valence-corrected chi connectivity index (χ3v) is 5.18. The normalized spacial score (nSPS) is 30.5. The van der Waals surface area contributed by atoms with Crippen molar-refractivity contribution in [1.29, 1.82) is 0 Å². The van der Waals surface area contributed by atoms with Crippen LogP contribution in [0.1, 0.15) is 46.0 Å². The molecule has 1 amide bonds. The Bertz CT molecular complexity index is 351. The van der Waals surface area contributed by atoms with Crippen molar-refractivity contribution in [1.82, 2.24) is 9.80 Å². The average molecular weight is 311 g/mol. The summed E-state index contributed by atoms with van der Waals surface area (Å²) in [7, 11) is 0. The summed E-state index contributed by atoms with van der Waals surface area (Å²) in [5, 5.41) is 0. The van der Waals surface area contributed by atoms with Crippen molar-refractivity contribution in [2.75, 3.05) is 39.4 Å². The lowest BCUT2D eigenvalue weighted by atomic mass is 9.85. The molecule has 5 heteroatoms. The monoisotopic (exact) mass is 311 g/mol. The van der Waals surface area contributed by atoms with E-state index in [0.717, 1.165) is 71.5 Å². The van der Waals surface area contributed by atoms with Crippen molar-refractivity contribution in [3.63, 3.8) is 0 Å². The van der Waals surface area contributed by atoms with E-state index >= 15 is 0 Å². The molecule has 1 aliphatic heterocycles. The van der Waals surface area contributed by atoms with E-state index in [9.17, 15) is 4.79 Å². The molecule has 3 atom stereocenters. The maximum absolute atomic E-state index is 12.8. The first-order chi connectivity index (χ1) is 10.7. The van der Waals surface area contributed by atoms with Gasteiger partial charge in [-0.3, -0.25) is 9.69 Å². The van der Waals surface area contributed by atoms with Gasteiger partial charge >= 0.3 is 0 Å². The van der Waals surface area contributed by atoms with Gasteiger partial charge in [0.25, 0.3) is 0 Å². The highest BCUT2D eigenvalue weighted by Gasteiger charge is 2.33. The molecule has 0 aromatic carbocycles. The Kier molecular flexibility index (Phi) is 7.12. The van der Waals surface area contributed by atoms with Crippen LogP contribution in [0.15, 0.2) is 0 Å². The Hall–Kier alpha value is -0.650. The molecule has 2 aliphatic rings. The number of nitrogens with zero attached hydrogens (tertiary/aromatic N) is 2. The van der Waals surface area contributed by atoms with Crippen LogP contribution >= 0.6 is 0 Å². The first-order valence-electron chi connectivity index (χ1n) is 9.01. The van der Waals surface area contributed by atoms with Crippen LogP contribution in [-0.4, -0.2) is 67.2 Å². The van der Waals surface area contributed by atoms with Crippen molar-refractivity contribution in [3.05, 3.63) is 0 Å². The zero-order valence-electron chi connectivity index (χ0n) is 14.3. The lowest BCUT2D eigenvalue weighted by Gasteiger charge is -2.42. The molecule has 2 rings (SSSR count). The Labute approximate surface area is 135 Å². The fourth-order valence-electron chi connectivity index (χ4n) is 3.81. The lowest BCUT2D eigenvalue weighted by molar-refractivity contribution is -0.140. The number of hydrogen-bond acceptors (Lipinski definition) is 4. The van der Waals surface area contributed by atoms with Gasteiger partial charge in [0.15, 0.2) is 0 Å². The fraction of sp³-hybridized carbons (Fsp3) is 0.941. The molecule has 1 heterocycles. The van der Waals surface area contributed by atoms with E-state index in [-0.39, 0.29) is 12.0 Å². The van der Waals surface area contributed by atoms with Crippen LogP contribution in [0.2, 0.25) is 0 Å². The van der Waals surface area contributed by atoms with Gasteiger partial charge in [0.1, 0.15) is 0 Å². The van der Waals surface area contributed by atoms with Crippen LogP contribution in [0.5, 0.6) is 0 Å². The second-order valence-corrected chi connectivity index (χ2v) is 6.70. The number of carbonyl (C=O) groups excluding carboxylic acids is 1. The highest BCUT2D eigenvalue weighted by molar-refractivity contribution is 5.79. The first kappa shape index (κ1) is 17.7. The maximum atomic E-state index is 12.8. The predicted octanol–water partition coefficient (Wildman–Crippen LogP) is 1.46. The quantitative estimate of drug-likeness (QED) is 0.755. The van der Waals surface area contributed by atoms with E-state index in [1.54, 1.807) is 0 Å². The highest BCUT2D eigenvalue weighted by Crippen LogP contribution is 2.26. The Morgan fingerprint density at radius 3 is 2.77 bits per heavy atom. The van der Waals surface area contributed by atoms with E-state index in [4.69, 9.17) is 10.5 Å². The highest BCUT2D eigenvalue weighted by atomic mass is 16.5. The molecule has 1 saturated heterocycles. The molecule has 128 valence electrons. The van der Waals surface area contributed by atoms with E-state index in [2.05, 4.69) is 16.7 Å². The average Bonchev–Trinajstić information content (AvgIpc) is 2.54. The molecule has 3 unspecified atom stereocenters. The minimum Gasteiger partial charge on any atom is -0.380 e. The van der Waals surface area contributed by atoms with Crippen molar-refractivity contribution >= 4 is 5.91 Å². The van der Waals surface area contributed by atoms with Crippen molar-refractivity contribution < 1.29 is 9.53 Å². The summed E-state index contributed by atoms with van der Waals surface area (Å²) < 4.78 is 5.47. The van der Waals surface area contributed by atoms with E-state index < -0.39 is 0 Å². The van der Waals surface area contributed by atoms with Gasteiger partial charge in [-0.25, -0.2) is 0 Å². The molecular weight excluding hydrogens is 278 g/mol. The molecule has 2 N–H and O–H groups in total. The summed E-state index contributed by atoms with van der Waals surface area (Å²) in [4.78, 5) is 17.3. The van der Waals surface area contributed by atoms with Gasteiger partial charge in [0, 0.05) is 50.8 Å². The van der Waals surface area contributed by atoms with E-state index in [1.807, 2.05) is 6.92 Å². The summed E-state index contributed by atoms with van der Waals surface area (Å²) in [6.07, 6.45) is 5.16. The number of amides is 1. The minimum absolute atomic E-state index is 0.163. The fourth-order valence-corrected chi connectivity index (χ4v) is 3.81. The minimum atomic E-state index is 0.163. The summed E-state index contributed by atoms with van der Waals surface area (Å²) in [6, 6.07) is 0.688. The van der Waals surface area contributed by atoms with Crippen LogP contribution in [0, 0.1) is 5.92 Å². The van der Waals surface area contributed by atoms with Crippen LogP contribution in [0.3, 0.4) is 0 Å². The maximum Gasteiger partial charge on any atom is 0.225 e. The lowest BCUT2D eigenvalue weighted by Crippen LogP contribution is -2.56. The molecule has 0 aromatic heterocycles. The molecule has 0 spiro atoms. The SMILES string of the molecule is CCOCCN1CCN(C(=O)C2CCCC(N)C2)CC1CC. The smallest absolute Gasteiger partial charge is 0.225 e. The van der Waals surface area contributed by atoms with Gasteiger partial charge in [0.2, 0.25) is 5.91 Å². The topological polar surface area (TPSA) is 58.8 Å². The zero-order valence-corrected chi connectivity index (χ0v) is 14.3. The van der Waals surface area contributed by atoms with Crippen molar-refractivity contribution in [3.8, 4) is 0 Å².